The molecular weight excluding hydrogens is 327 g/mol. The van der Waals surface area contributed by atoms with E-state index >= 15 is 0 Å². The Morgan fingerprint density at radius 3 is 2.79 bits per heavy atom. The van der Waals surface area contributed by atoms with Gasteiger partial charge in [-0.25, -0.2) is 9.37 Å². The third-order valence-electron chi connectivity index (χ3n) is 4.77. The predicted molar refractivity (Wildman–Crippen MR) is 91.1 cm³/mol. The lowest BCUT2D eigenvalue weighted by Gasteiger charge is -2.49. The van der Waals surface area contributed by atoms with Gasteiger partial charge in [0.05, 0.1) is 11.2 Å². The van der Waals surface area contributed by atoms with Crippen LogP contribution in [0.3, 0.4) is 0 Å². The Morgan fingerprint density at radius 1 is 1.29 bits per heavy atom. The lowest BCUT2D eigenvalue weighted by atomic mass is 9.86. The van der Waals surface area contributed by atoms with Crippen molar-refractivity contribution in [2.75, 3.05) is 26.2 Å². The number of aromatic nitrogens is 1. The third kappa shape index (κ3) is 2.94. The van der Waals surface area contributed by atoms with Crippen molar-refractivity contribution in [3.8, 4) is 10.6 Å². The number of nitrogens with one attached hydrogen (secondary N) is 2. The molecule has 2 aromatic rings. The summed E-state index contributed by atoms with van der Waals surface area (Å²) in [5.74, 6) is -0.110. The van der Waals surface area contributed by atoms with E-state index in [0.717, 1.165) is 42.4 Å². The summed E-state index contributed by atoms with van der Waals surface area (Å²) < 4.78 is 13.1. The summed E-state index contributed by atoms with van der Waals surface area (Å²) in [6.07, 6.45) is 0.537. The maximum Gasteiger partial charge on any atom is 0.222 e. The molecule has 0 bridgehead atoms. The quantitative estimate of drug-likeness (QED) is 0.887. The highest BCUT2D eigenvalue weighted by Gasteiger charge is 2.45. The smallest absolute Gasteiger partial charge is 0.222 e. The molecular formula is C17H19FN4OS. The number of benzene rings is 1. The maximum atomic E-state index is 13.1. The molecule has 0 aliphatic carbocycles. The van der Waals surface area contributed by atoms with E-state index in [9.17, 15) is 9.18 Å². The van der Waals surface area contributed by atoms with E-state index in [2.05, 4.69) is 20.9 Å². The molecule has 2 fully saturated rings. The van der Waals surface area contributed by atoms with E-state index < -0.39 is 0 Å². The molecule has 1 amide bonds. The van der Waals surface area contributed by atoms with Gasteiger partial charge in [0, 0.05) is 50.1 Å². The van der Waals surface area contributed by atoms with Crippen LogP contribution in [0.15, 0.2) is 29.6 Å². The van der Waals surface area contributed by atoms with Gasteiger partial charge in [0.15, 0.2) is 0 Å². The Hall–Kier alpha value is -1.83. The molecule has 5 nitrogen and oxygen atoms in total. The van der Waals surface area contributed by atoms with Gasteiger partial charge >= 0.3 is 0 Å². The van der Waals surface area contributed by atoms with Crippen LogP contribution >= 0.6 is 11.3 Å². The average molecular weight is 346 g/mol. The zero-order valence-corrected chi connectivity index (χ0v) is 14.0. The van der Waals surface area contributed by atoms with Gasteiger partial charge in [-0.1, -0.05) is 0 Å². The number of thiazole rings is 1. The van der Waals surface area contributed by atoms with Crippen LogP contribution in [0.1, 0.15) is 12.1 Å². The van der Waals surface area contributed by atoms with E-state index in [1.807, 2.05) is 0 Å². The fourth-order valence-corrected chi connectivity index (χ4v) is 4.17. The summed E-state index contributed by atoms with van der Waals surface area (Å²) in [5.41, 5.74) is 1.85. The number of halogens is 1. The van der Waals surface area contributed by atoms with E-state index in [1.165, 1.54) is 12.1 Å². The first-order chi connectivity index (χ1) is 11.6. The van der Waals surface area contributed by atoms with Crippen molar-refractivity contribution in [1.82, 2.24) is 20.5 Å². The second-order valence-corrected chi connectivity index (χ2v) is 7.29. The lowest BCUT2D eigenvalue weighted by molar-refractivity contribution is -0.123. The average Bonchev–Trinajstić information content (AvgIpc) is 2.92. The Morgan fingerprint density at radius 2 is 2.08 bits per heavy atom. The minimum atomic E-state index is -0.239. The van der Waals surface area contributed by atoms with Crippen molar-refractivity contribution in [1.29, 1.82) is 0 Å². The monoisotopic (exact) mass is 346 g/mol. The van der Waals surface area contributed by atoms with Gasteiger partial charge in [0.2, 0.25) is 5.91 Å². The fourth-order valence-electron chi connectivity index (χ4n) is 3.35. The number of carbonyl (C=O) groups excluding carboxylic acids is 1. The van der Waals surface area contributed by atoms with Crippen molar-refractivity contribution < 1.29 is 9.18 Å². The topological polar surface area (TPSA) is 57.3 Å². The van der Waals surface area contributed by atoms with Crippen LogP contribution < -0.4 is 10.6 Å². The van der Waals surface area contributed by atoms with Gasteiger partial charge in [0.25, 0.3) is 0 Å². The molecule has 2 N–H and O–H groups in total. The minimum absolute atomic E-state index is 0.0831. The summed E-state index contributed by atoms with van der Waals surface area (Å²) >= 11 is 1.57. The molecule has 2 aliphatic heterocycles. The highest BCUT2D eigenvalue weighted by molar-refractivity contribution is 7.13. The van der Waals surface area contributed by atoms with E-state index in [1.54, 1.807) is 23.5 Å². The van der Waals surface area contributed by atoms with Crippen molar-refractivity contribution >= 4 is 17.2 Å². The molecule has 24 heavy (non-hydrogen) atoms. The fraction of sp³-hybridized carbons (Fsp3) is 0.412. The highest BCUT2D eigenvalue weighted by Crippen LogP contribution is 2.30. The predicted octanol–water partition coefficient (Wildman–Crippen LogP) is 1.61. The van der Waals surface area contributed by atoms with E-state index in [-0.39, 0.29) is 17.3 Å². The minimum Gasteiger partial charge on any atom is -0.355 e. The normalized spacial score (nSPS) is 20.5. The van der Waals surface area contributed by atoms with Crippen LogP contribution in [-0.2, 0) is 11.3 Å². The van der Waals surface area contributed by atoms with E-state index in [4.69, 9.17) is 4.98 Å². The summed E-state index contributed by atoms with van der Waals surface area (Å²) in [6.45, 7) is 3.92. The van der Waals surface area contributed by atoms with Crippen LogP contribution in [0.5, 0.6) is 0 Å². The second-order valence-electron chi connectivity index (χ2n) is 6.43. The molecule has 0 atom stereocenters. The molecule has 126 valence electrons. The number of carbonyl (C=O) groups is 1. The summed E-state index contributed by atoms with van der Waals surface area (Å²) in [7, 11) is 0. The zero-order chi connectivity index (χ0) is 16.6. The van der Waals surface area contributed by atoms with Gasteiger partial charge in [-0.3, -0.25) is 9.69 Å². The molecule has 1 aromatic heterocycles. The Bertz CT molecular complexity index is 741. The van der Waals surface area contributed by atoms with Crippen LogP contribution in [0, 0.1) is 5.82 Å². The molecule has 4 rings (SSSR count). The molecule has 3 heterocycles. The standard InChI is InChI=1S/C17H19FN4OS/c18-13-3-1-12(2-4-13)16-21-14(9-24-16)8-22-6-5-20-15(23)7-17(22)10-19-11-17/h1-4,9,19H,5-8,10-11H2,(H,20,23). The van der Waals surface area contributed by atoms with Gasteiger partial charge < -0.3 is 10.6 Å². The van der Waals surface area contributed by atoms with Crippen molar-refractivity contribution in [3.63, 3.8) is 0 Å². The van der Waals surface area contributed by atoms with Crippen molar-refractivity contribution in [2.45, 2.75) is 18.5 Å². The van der Waals surface area contributed by atoms with Gasteiger partial charge in [-0.2, -0.15) is 0 Å². The molecule has 1 spiro atoms. The molecule has 0 unspecified atom stereocenters. The number of hydrogen-bond donors (Lipinski definition) is 2. The first-order valence-electron chi connectivity index (χ1n) is 8.07. The number of hydrogen-bond acceptors (Lipinski definition) is 5. The Kier molecular flexibility index (Phi) is 4.07. The molecule has 2 saturated heterocycles. The molecule has 2 aliphatic rings. The lowest BCUT2D eigenvalue weighted by Crippen LogP contribution is -2.69. The summed E-state index contributed by atoms with van der Waals surface area (Å²) in [5, 5.41) is 9.21. The number of rotatable bonds is 3. The highest BCUT2D eigenvalue weighted by atomic mass is 32.1. The zero-order valence-electron chi connectivity index (χ0n) is 13.2. The first kappa shape index (κ1) is 15.7. The third-order valence-corrected chi connectivity index (χ3v) is 5.71. The summed E-state index contributed by atoms with van der Waals surface area (Å²) in [6, 6.07) is 6.42. The van der Waals surface area contributed by atoms with Gasteiger partial charge in [0.1, 0.15) is 10.8 Å². The van der Waals surface area contributed by atoms with Crippen molar-refractivity contribution in [2.24, 2.45) is 0 Å². The molecule has 1 aromatic carbocycles. The van der Waals surface area contributed by atoms with Gasteiger partial charge in [-0.05, 0) is 24.3 Å². The van der Waals surface area contributed by atoms with Gasteiger partial charge in [-0.15, -0.1) is 11.3 Å². The van der Waals surface area contributed by atoms with Crippen LogP contribution in [0.4, 0.5) is 4.39 Å². The van der Waals surface area contributed by atoms with Crippen molar-refractivity contribution in [3.05, 3.63) is 41.2 Å². The number of nitrogens with zero attached hydrogens (tertiary/aromatic N) is 2. The summed E-state index contributed by atoms with van der Waals surface area (Å²) in [4.78, 5) is 19.0. The maximum absolute atomic E-state index is 13.1. The first-order valence-corrected chi connectivity index (χ1v) is 8.95. The Balaban J connectivity index is 1.52. The molecule has 7 heteroatoms. The second kappa shape index (κ2) is 6.23. The Labute approximate surface area is 143 Å². The SMILES string of the molecule is O=C1CC2(CNC2)N(Cc2csc(-c3ccc(F)cc3)n2)CCN1. The van der Waals surface area contributed by atoms with Crippen LogP contribution in [0.2, 0.25) is 0 Å². The number of amides is 1. The molecule has 0 radical (unpaired) electrons. The van der Waals surface area contributed by atoms with Crippen LogP contribution in [0.25, 0.3) is 10.6 Å². The van der Waals surface area contributed by atoms with Crippen LogP contribution in [-0.4, -0.2) is 47.5 Å². The van der Waals surface area contributed by atoms with E-state index in [0.29, 0.717) is 13.0 Å². The molecule has 0 saturated carbocycles. The largest absolute Gasteiger partial charge is 0.355 e.